The van der Waals surface area contributed by atoms with E-state index in [0.717, 1.165) is 34.0 Å². The fraction of sp³-hybridized carbons (Fsp3) is 0.226. The topological polar surface area (TPSA) is 104 Å². The van der Waals surface area contributed by atoms with Crippen LogP contribution in [0.2, 0.25) is 5.02 Å². The first-order chi connectivity index (χ1) is 19.6. The van der Waals surface area contributed by atoms with Gasteiger partial charge >= 0.3 is 0 Å². The summed E-state index contributed by atoms with van der Waals surface area (Å²) in [4.78, 5) is 17.5. The molecule has 0 atom stereocenters. The van der Waals surface area contributed by atoms with E-state index in [0.29, 0.717) is 42.4 Å². The minimum atomic E-state index is -3.74. The second kappa shape index (κ2) is 12.0. The van der Waals surface area contributed by atoms with Crippen molar-refractivity contribution in [1.82, 2.24) is 9.71 Å². The number of aromatic nitrogens is 1. The average Bonchev–Trinajstić information content (AvgIpc) is 3.44. The van der Waals surface area contributed by atoms with Crippen molar-refractivity contribution < 1.29 is 27.4 Å². The molecule has 212 valence electrons. The van der Waals surface area contributed by atoms with E-state index < -0.39 is 21.7 Å². The first kappa shape index (κ1) is 28.8. The van der Waals surface area contributed by atoms with Crippen molar-refractivity contribution in [2.45, 2.75) is 18.6 Å². The molecule has 1 aromatic heterocycles. The van der Waals surface area contributed by atoms with Gasteiger partial charge in [-0.15, -0.1) is 0 Å². The van der Waals surface area contributed by atoms with Crippen LogP contribution < -0.4 is 9.46 Å². The Hall–Kier alpha value is -3.76. The maximum Gasteiger partial charge on any atom is 0.265 e. The van der Waals surface area contributed by atoms with E-state index >= 15 is 0 Å². The third-order valence-electron chi connectivity index (χ3n) is 6.77. The van der Waals surface area contributed by atoms with Crippen LogP contribution in [0.15, 0.2) is 72.8 Å². The zero-order valence-corrected chi connectivity index (χ0v) is 24.2. The molecule has 1 fully saturated rings. The van der Waals surface area contributed by atoms with E-state index in [1.165, 1.54) is 13.2 Å². The third kappa shape index (κ3) is 6.94. The van der Waals surface area contributed by atoms with Gasteiger partial charge in [0.2, 0.25) is 10.0 Å². The molecule has 0 saturated carbocycles. The summed E-state index contributed by atoms with van der Waals surface area (Å²) >= 11 is 6.13. The van der Waals surface area contributed by atoms with Crippen LogP contribution >= 0.6 is 11.6 Å². The summed E-state index contributed by atoms with van der Waals surface area (Å²) < 4.78 is 43.0. The number of carbonyl (C=O) groups excluding carboxylic acids is 1. The average molecular weight is 593 g/mol. The second-order valence-corrected chi connectivity index (χ2v) is 11.9. The molecule has 10 heteroatoms. The number of halogens is 1. The Morgan fingerprint density at radius 3 is 2.59 bits per heavy atom. The number of nitrogens with zero attached hydrogens (tertiary/aromatic N) is 1. The lowest BCUT2D eigenvalue weighted by Crippen LogP contribution is -2.31. The lowest BCUT2D eigenvalue weighted by molar-refractivity contribution is -0.170. The van der Waals surface area contributed by atoms with Crippen LogP contribution in [0.1, 0.15) is 39.2 Å². The lowest BCUT2D eigenvalue weighted by atomic mass is 9.94. The summed E-state index contributed by atoms with van der Waals surface area (Å²) in [6, 6.07) is 22.5. The first-order valence-electron chi connectivity index (χ1n) is 13.0. The number of hydrogen-bond acceptors (Lipinski definition) is 7. The molecule has 1 amide bonds. The molecule has 1 saturated heterocycles. The highest BCUT2D eigenvalue weighted by atomic mass is 35.5. The van der Waals surface area contributed by atoms with Gasteiger partial charge in [-0.05, 0) is 60.0 Å². The zero-order valence-electron chi connectivity index (χ0n) is 22.6. The van der Waals surface area contributed by atoms with Crippen molar-refractivity contribution in [2.75, 3.05) is 26.6 Å². The number of sulfonamides is 1. The molecule has 0 bridgehead atoms. The quantitative estimate of drug-likeness (QED) is 0.270. The predicted octanol–water partition coefficient (Wildman–Crippen LogP) is 5.59. The zero-order chi connectivity index (χ0) is 29.0. The number of methoxy groups -OCH3 is 1. The molecule has 3 aromatic carbocycles. The van der Waals surface area contributed by atoms with Crippen LogP contribution in [0.5, 0.6) is 5.75 Å². The highest BCUT2D eigenvalue weighted by Crippen LogP contribution is 2.37. The fourth-order valence-corrected chi connectivity index (χ4v) is 5.42. The van der Waals surface area contributed by atoms with Gasteiger partial charge < -0.3 is 14.2 Å². The standard InChI is InChI=1S/C31H29ClN2O6S/c1-38-27-13-9-22(28(20-27)30(35)34-41(2,36)37)14-15-31(39-16-17-40-31)24-5-3-4-21(18-24)6-11-26-12-8-23-7-10-25(32)19-29(23)33-26/h3-13,18-20H,14-17H2,1-2H3,(H,34,35)/b11-6+. The summed E-state index contributed by atoms with van der Waals surface area (Å²) in [7, 11) is -2.26. The van der Waals surface area contributed by atoms with E-state index in [2.05, 4.69) is 4.98 Å². The van der Waals surface area contributed by atoms with Crippen molar-refractivity contribution in [3.63, 3.8) is 0 Å². The Kier molecular flexibility index (Phi) is 8.42. The van der Waals surface area contributed by atoms with Crippen LogP contribution in [0.25, 0.3) is 23.1 Å². The summed E-state index contributed by atoms with van der Waals surface area (Å²) in [5, 5.41) is 1.65. The number of pyridine rings is 1. The number of rotatable bonds is 9. The number of carbonyl (C=O) groups is 1. The number of hydrogen-bond donors (Lipinski definition) is 1. The highest BCUT2D eigenvalue weighted by Gasteiger charge is 2.38. The molecule has 5 rings (SSSR count). The van der Waals surface area contributed by atoms with Gasteiger partial charge in [-0.1, -0.05) is 54.1 Å². The van der Waals surface area contributed by atoms with Crippen LogP contribution in [0, 0.1) is 0 Å². The lowest BCUT2D eigenvalue weighted by Gasteiger charge is -2.28. The molecule has 0 aliphatic carbocycles. The minimum Gasteiger partial charge on any atom is -0.497 e. The molecule has 8 nitrogen and oxygen atoms in total. The van der Waals surface area contributed by atoms with Crippen LogP contribution in [0.3, 0.4) is 0 Å². The normalized spacial score (nSPS) is 14.9. The molecular weight excluding hydrogens is 564 g/mol. The summed E-state index contributed by atoms with van der Waals surface area (Å²) in [6.07, 6.45) is 5.64. The summed E-state index contributed by atoms with van der Waals surface area (Å²) in [5.74, 6) is -1.30. The fourth-order valence-electron chi connectivity index (χ4n) is 4.80. The van der Waals surface area contributed by atoms with Gasteiger partial charge in [0.25, 0.3) is 5.91 Å². The van der Waals surface area contributed by atoms with E-state index in [1.54, 1.807) is 12.1 Å². The SMILES string of the molecule is COc1ccc(CCC2(c3cccc(/C=C/c4ccc5ccc(Cl)cc5n4)c3)OCCO2)c(C(=O)NS(C)(=O)=O)c1. The minimum absolute atomic E-state index is 0.212. The van der Waals surface area contributed by atoms with Gasteiger partial charge in [0.15, 0.2) is 5.79 Å². The maximum atomic E-state index is 12.8. The first-order valence-corrected chi connectivity index (χ1v) is 15.2. The Balaban J connectivity index is 1.39. The van der Waals surface area contributed by atoms with Crippen molar-refractivity contribution in [1.29, 1.82) is 0 Å². The Labute approximate surface area is 244 Å². The van der Waals surface area contributed by atoms with Gasteiger partial charge in [0, 0.05) is 28.0 Å². The van der Waals surface area contributed by atoms with E-state index in [4.69, 9.17) is 25.8 Å². The Morgan fingerprint density at radius 1 is 1.05 bits per heavy atom. The largest absolute Gasteiger partial charge is 0.497 e. The van der Waals surface area contributed by atoms with Gasteiger partial charge in [0.05, 0.1) is 37.8 Å². The van der Waals surface area contributed by atoms with Crippen LogP contribution in [-0.2, 0) is 31.7 Å². The number of amides is 1. The van der Waals surface area contributed by atoms with Crippen molar-refractivity contribution in [2.24, 2.45) is 0 Å². The number of aryl methyl sites for hydroxylation is 1. The van der Waals surface area contributed by atoms with E-state index in [9.17, 15) is 13.2 Å². The Morgan fingerprint density at radius 2 is 1.83 bits per heavy atom. The third-order valence-corrected chi connectivity index (χ3v) is 7.56. The monoisotopic (exact) mass is 592 g/mol. The van der Waals surface area contributed by atoms with Crippen molar-refractivity contribution >= 4 is 50.6 Å². The molecule has 2 heterocycles. The van der Waals surface area contributed by atoms with Crippen LogP contribution in [-0.4, -0.2) is 45.9 Å². The van der Waals surface area contributed by atoms with Crippen molar-refractivity contribution in [3.05, 3.63) is 106 Å². The van der Waals surface area contributed by atoms with Gasteiger partial charge in [0.1, 0.15) is 5.75 Å². The second-order valence-electron chi connectivity index (χ2n) is 9.71. The molecule has 1 N–H and O–H groups in total. The van der Waals surface area contributed by atoms with Crippen LogP contribution in [0.4, 0.5) is 0 Å². The predicted molar refractivity (Wildman–Crippen MR) is 159 cm³/mol. The smallest absolute Gasteiger partial charge is 0.265 e. The number of fused-ring (bicyclic) bond motifs is 1. The van der Waals surface area contributed by atoms with Gasteiger partial charge in [-0.3, -0.25) is 4.79 Å². The van der Waals surface area contributed by atoms with E-state index in [1.807, 2.05) is 71.5 Å². The molecule has 0 spiro atoms. The molecular formula is C31H29ClN2O6S. The van der Waals surface area contributed by atoms with Gasteiger partial charge in [-0.25, -0.2) is 18.1 Å². The molecule has 41 heavy (non-hydrogen) atoms. The van der Waals surface area contributed by atoms with Gasteiger partial charge in [-0.2, -0.15) is 0 Å². The number of ether oxygens (including phenoxy) is 3. The summed E-state index contributed by atoms with van der Waals surface area (Å²) in [6.45, 7) is 0.849. The highest BCUT2D eigenvalue weighted by molar-refractivity contribution is 7.89. The molecule has 0 unspecified atom stereocenters. The molecule has 4 aromatic rings. The molecule has 1 aliphatic rings. The maximum absolute atomic E-state index is 12.8. The number of nitrogens with one attached hydrogen (secondary N) is 1. The summed E-state index contributed by atoms with van der Waals surface area (Å²) in [5.41, 5.74) is 4.25. The number of benzene rings is 3. The molecule has 0 radical (unpaired) electrons. The Bertz CT molecular complexity index is 1730. The molecule has 1 aliphatic heterocycles. The van der Waals surface area contributed by atoms with E-state index in [-0.39, 0.29) is 5.56 Å². The van der Waals surface area contributed by atoms with Crippen molar-refractivity contribution in [3.8, 4) is 5.75 Å².